The molecule has 7 heteroatoms. The zero-order valence-corrected chi connectivity index (χ0v) is 19.9. The fourth-order valence-corrected chi connectivity index (χ4v) is 4.44. The van der Waals surface area contributed by atoms with Crippen LogP contribution in [0.1, 0.15) is 48.8 Å². The molecule has 0 spiro atoms. The monoisotopic (exact) mass is 438 g/mol. The van der Waals surface area contributed by atoms with Gasteiger partial charge in [-0.2, -0.15) is 0 Å². The Labute approximate surface area is 189 Å². The van der Waals surface area contributed by atoms with E-state index in [0.717, 1.165) is 50.0 Å². The van der Waals surface area contributed by atoms with Gasteiger partial charge in [0.1, 0.15) is 12.4 Å². The van der Waals surface area contributed by atoms with Crippen LogP contribution in [0.4, 0.5) is 0 Å². The average Bonchev–Trinajstić information content (AvgIpc) is 3.43. The molecule has 0 aliphatic carbocycles. The third kappa shape index (κ3) is 5.94. The molecule has 0 saturated carbocycles. The molecule has 0 amide bonds. The van der Waals surface area contributed by atoms with Crippen LogP contribution in [0.3, 0.4) is 0 Å². The molecule has 31 heavy (non-hydrogen) atoms. The van der Waals surface area contributed by atoms with Gasteiger partial charge in [-0.1, -0.05) is 50.2 Å². The van der Waals surface area contributed by atoms with E-state index >= 15 is 0 Å². The first kappa shape index (κ1) is 23.0. The molecule has 0 fully saturated rings. The van der Waals surface area contributed by atoms with E-state index in [-0.39, 0.29) is 5.41 Å². The van der Waals surface area contributed by atoms with Crippen LogP contribution in [0.2, 0.25) is 0 Å². The van der Waals surface area contributed by atoms with E-state index in [1.54, 1.807) is 11.3 Å². The number of nitrogens with one attached hydrogen (secondary N) is 2. The first-order valence-electron chi connectivity index (χ1n) is 11.0. The van der Waals surface area contributed by atoms with Crippen molar-refractivity contribution >= 4 is 17.3 Å². The molecule has 2 aromatic heterocycles. The van der Waals surface area contributed by atoms with Crippen molar-refractivity contribution < 1.29 is 0 Å². The molecule has 6 nitrogen and oxygen atoms in total. The lowest BCUT2D eigenvalue weighted by molar-refractivity contribution is 0.389. The molecule has 0 radical (unpaired) electrons. The molecule has 3 rings (SSSR count). The number of benzene rings is 1. The molecule has 166 valence electrons. The fraction of sp³-hybridized carbons (Fsp3) is 0.458. The number of rotatable bonds is 10. The molecular weight excluding hydrogens is 404 g/mol. The quantitative estimate of drug-likeness (QED) is 0.367. The third-order valence-corrected chi connectivity index (χ3v) is 7.08. The van der Waals surface area contributed by atoms with E-state index in [2.05, 4.69) is 82.5 Å². The number of thiophene rings is 1. The van der Waals surface area contributed by atoms with Gasteiger partial charge in [-0.15, -0.1) is 21.5 Å². The Morgan fingerprint density at radius 1 is 1.06 bits per heavy atom. The largest absolute Gasteiger partial charge is 0.356 e. The zero-order chi connectivity index (χ0) is 22.1. The normalized spacial score (nSPS) is 12.2. The highest BCUT2D eigenvalue weighted by Gasteiger charge is 2.28. The van der Waals surface area contributed by atoms with Crippen molar-refractivity contribution in [1.82, 2.24) is 25.4 Å². The maximum Gasteiger partial charge on any atom is 0.191 e. The zero-order valence-electron chi connectivity index (χ0n) is 19.1. The van der Waals surface area contributed by atoms with Crippen molar-refractivity contribution in [2.45, 2.75) is 52.0 Å². The smallest absolute Gasteiger partial charge is 0.191 e. The number of nitrogens with zero attached hydrogens (tertiary/aromatic N) is 4. The SMILES string of the molecule is CCC(CC)(CNC(=NCc1nnc(C)n1C)NCCc1cccs1)c1ccccc1. The van der Waals surface area contributed by atoms with Crippen LogP contribution in [0.25, 0.3) is 0 Å². The lowest BCUT2D eigenvalue weighted by Gasteiger charge is -2.33. The molecule has 0 unspecified atom stereocenters. The summed E-state index contributed by atoms with van der Waals surface area (Å²) in [5.41, 5.74) is 1.44. The number of hydrogen-bond acceptors (Lipinski definition) is 4. The predicted octanol–water partition coefficient (Wildman–Crippen LogP) is 4.22. The van der Waals surface area contributed by atoms with Gasteiger partial charge < -0.3 is 15.2 Å². The highest BCUT2D eigenvalue weighted by Crippen LogP contribution is 2.30. The number of guanidine groups is 1. The van der Waals surface area contributed by atoms with Gasteiger partial charge in [0.2, 0.25) is 0 Å². The first-order valence-corrected chi connectivity index (χ1v) is 11.9. The molecule has 3 aromatic rings. The Hall–Kier alpha value is -2.67. The second-order valence-corrected chi connectivity index (χ2v) is 8.88. The topological polar surface area (TPSA) is 67.1 Å². The van der Waals surface area contributed by atoms with Crippen LogP contribution in [-0.2, 0) is 25.4 Å². The van der Waals surface area contributed by atoms with Crippen LogP contribution >= 0.6 is 11.3 Å². The molecule has 0 bridgehead atoms. The predicted molar refractivity (Wildman–Crippen MR) is 130 cm³/mol. The maximum absolute atomic E-state index is 4.83. The van der Waals surface area contributed by atoms with E-state index in [1.165, 1.54) is 10.4 Å². The number of aliphatic imine (C=N–C) groups is 1. The van der Waals surface area contributed by atoms with Crippen molar-refractivity contribution in [3.8, 4) is 0 Å². The van der Waals surface area contributed by atoms with Gasteiger partial charge >= 0.3 is 0 Å². The summed E-state index contributed by atoms with van der Waals surface area (Å²) in [7, 11) is 1.98. The van der Waals surface area contributed by atoms with E-state index < -0.39 is 0 Å². The average molecular weight is 439 g/mol. The van der Waals surface area contributed by atoms with Crippen LogP contribution in [0.5, 0.6) is 0 Å². The van der Waals surface area contributed by atoms with Crippen LogP contribution in [0, 0.1) is 6.92 Å². The summed E-state index contributed by atoms with van der Waals surface area (Å²) in [5, 5.41) is 17.7. The Balaban J connectivity index is 1.72. The minimum atomic E-state index is 0.0683. The van der Waals surface area contributed by atoms with E-state index in [1.807, 2.05) is 18.5 Å². The Morgan fingerprint density at radius 2 is 1.84 bits per heavy atom. The molecule has 2 N–H and O–H groups in total. The van der Waals surface area contributed by atoms with Gasteiger partial charge in [0, 0.05) is 30.4 Å². The van der Waals surface area contributed by atoms with Gasteiger partial charge in [0.15, 0.2) is 11.8 Å². The number of aryl methyl sites for hydroxylation is 1. The second kappa shape index (κ2) is 11.1. The standard InChI is InChI=1S/C24H34N6S/c1-5-24(6-2,20-11-8-7-9-12-20)18-27-23(25-15-14-21-13-10-16-31-21)26-17-22-29-28-19(3)30(22)4/h7-13,16H,5-6,14-15,17-18H2,1-4H3,(H2,25,26,27). The molecule has 1 aromatic carbocycles. The molecule has 0 aliphatic rings. The molecule has 0 saturated heterocycles. The fourth-order valence-electron chi connectivity index (χ4n) is 3.73. The van der Waals surface area contributed by atoms with Crippen molar-refractivity contribution in [3.05, 3.63) is 69.9 Å². The number of aromatic nitrogens is 3. The van der Waals surface area contributed by atoms with Gasteiger partial charge in [0.25, 0.3) is 0 Å². The van der Waals surface area contributed by atoms with Crippen molar-refractivity contribution in [2.24, 2.45) is 12.0 Å². The minimum Gasteiger partial charge on any atom is -0.356 e. The minimum absolute atomic E-state index is 0.0683. The summed E-state index contributed by atoms with van der Waals surface area (Å²) >= 11 is 1.79. The van der Waals surface area contributed by atoms with Gasteiger partial charge in [-0.3, -0.25) is 0 Å². The highest BCUT2D eigenvalue weighted by molar-refractivity contribution is 7.09. The Bertz CT molecular complexity index is 942. The van der Waals surface area contributed by atoms with Crippen LogP contribution < -0.4 is 10.6 Å². The Kier molecular flexibility index (Phi) is 8.23. The lowest BCUT2D eigenvalue weighted by atomic mass is 9.76. The summed E-state index contributed by atoms with van der Waals surface area (Å²) in [4.78, 5) is 6.20. The van der Waals surface area contributed by atoms with Crippen molar-refractivity contribution in [2.75, 3.05) is 13.1 Å². The lowest BCUT2D eigenvalue weighted by Crippen LogP contribution is -2.46. The highest BCUT2D eigenvalue weighted by atomic mass is 32.1. The second-order valence-electron chi connectivity index (χ2n) is 7.85. The number of hydrogen-bond donors (Lipinski definition) is 2. The van der Waals surface area contributed by atoms with Gasteiger partial charge in [-0.05, 0) is 43.2 Å². The summed E-state index contributed by atoms with van der Waals surface area (Å²) in [5.74, 6) is 2.57. The van der Waals surface area contributed by atoms with E-state index in [4.69, 9.17) is 4.99 Å². The summed E-state index contributed by atoms with van der Waals surface area (Å²) in [6.45, 7) is 8.63. The van der Waals surface area contributed by atoms with Crippen molar-refractivity contribution in [1.29, 1.82) is 0 Å². The van der Waals surface area contributed by atoms with E-state index in [0.29, 0.717) is 6.54 Å². The Morgan fingerprint density at radius 3 is 2.45 bits per heavy atom. The first-order chi connectivity index (χ1) is 15.1. The third-order valence-electron chi connectivity index (χ3n) is 6.14. The molecule has 0 aliphatic heterocycles. The van der Waals surface area contributed by atoms with Crippen LogP contribution in [0.15, 0.2) is 52.8 Å². The summed E-state index contributed by atoms with van der Waals surface area (Å²) in [6, 6.07) is 15.1. The van der Waals surface area contributed by atoms with Crippen molar-refractivity contribution in [3.63, 3.8) is 0 Å². The van der Waals surface area contributed by atoms with Crippen LogP contribution in [-0.4, -0.2) is 33.8 Å². The molecular formula is C24H34N6S. The van der Waals surface area contributed by atoms with E-state index in [9.17, 15) is 0 Å². The molecule has 2 heterocycles. The van der Waals surface area contributed by atoms with Gasteiger partial charge in [-0.25, -0.2) is 4.99 Å². The summed E-state index contributed by atoms with van der Waals surface area (Å²) in [6.07, 6.45) is 3.10. The summed E-state index contributed by atoms with van der Waals surface area (Å²) < 4.78 is 1.99. The van der Waals surface area contributed by atoms with Gasteiger partial charge in [0.05, 0.1) is 0 Å². The maximum atomic E-state index is 4.83. The molecule has 0 atom stereocenters.